The van der Waals surface area contributed by atoms with E-state index in [2.05, 4.69) is 9.97 Å². The number of hydrogen-bond acceptors (Lipinski definition) is 4. The molecule has 0 aliphatic rings. The summed E-state index contributed by atoms with van der Waals surface area (Å²) in [6.07, 6.45) is 1.47. The molecule has 3 rings (SSSR count). The van der Waals surface area contributed by atoms with Crippen molar-refractivity contribution in [1.82, 2.24) is 9.97 Å². The molecule has 21 heavy (non-hydrogen) atoms. The largest absolute Gasteiger partial charge is 0.493 e. The predicted octanol–water partition coefficient (Wildman–Crippen LogP) is 2.85. The Balaban J connectivity index is 2.15. The van der Waals surface area contributed by atoms with Crippen molar-refractivity contribution >= 4 is 0 Å². The zero-order valence-corrected chi connectivity index (χ0v) is 11.1. The van der Waals surface area contributed by atoms with Gasteiger partial charge in [0.05, 0.1) is 6.26 Å². The number of benzene rings is 1. The van der Waals surface area contributed by atoms with Gasteiger partial charge in [0.15, 0.2) is 11.6 Å². The molecule has 0 saturated heterocycles. The van der Waals surface area contributed by atoms with Crippen LogP contribution in [0.5, 0.6) is 5.88 Å². The Morgan fingerprint density at radius 2 is 1.95 bits per heavy atom. The van der Waals surface area contributed by atoms with Crippen LogP contribution in [0.15, 0.2) is 45.8 Å². The van der Waals surface area contributed by atoms with Crippen LogP contribution in [0.1, 0.15) is 5.56 Å². The molecule has 2 aromatic heterocycles. The van der Waals surface area contributed by atoms with Crippen molar-refractivity contribution in [1.29, 1.82) is 0 Å². The highest BCUT2D eigenvalue weighted by Gasteiger charge is 2.16. The van der Waals surface area contributed by atoms with E-state index in [0.29, 0.717) is 11.3 Å². The summed E-state index contributed by atoms with van der Waals surface area (Å²) >= 11 is 0. The summed E-state index contributed by atoms with van der Waals surface area (Å²) in [5, 5.41) is 10.0. The van der Waals surface area contributed by atoms with Crippen molar-refractivity contribution in [2.24, 2.45) is 0 Å². The first-order valence-electron chi connectivity index (χ1n) is 6.20. The quantitative estimate of drug-likeness (QED) is 0.759. The van der Waals surface area contributed by atoms with Gasteiger partial charge in [0, 0.05) is 0 Å². The molecule has 0 bridgehead atoms. The molecule has 3 aromatic rings. The highest BCUT2D eigenvalue weighted by Crippen LogP contribution is 2.27. The summed E-state index contributed by atoms with van der Waals surface area (Å²) in [4.78, 5) is 18.7. The second-order valence-electron chi connectivity index (χ2n) is 4.55. The van der Waals surface area contributed by atoms with E-state index in [4.69, 9.17) is 4.42 Å². The summed E-state index contributed by atoms with van der Waals surface area (Å²) < 4.78 is 18.1. The Hall–Kier alpha value is -2.89. The minimum Gasteiger partial charge on any atom is -0.493 e. The number of hydrogen-bond donors (Lipinski definition) is 2. The number of aromatic nitrogens is 2. The second-order valence-corrected chi connectivity index (χ2v) is 4.55. The molecule has 1 aromatic carbocycles. The molecule has 5 nitrogen and oxygen atoms in total. The number of aromatic amines is 1. The summed E-state index contributed by atoms with van der Waals surface area (Å²) in [6, 6.07) is 6.94. The Morgan fingerprint density at radius 3 is 2.52 bits per heavy atom. The number of nitrogens with zero attached hydrogens (tertiary/aromatic N) is 1. The predicted molar refractivity (Wildman–Crippen MR) is 74.4 cm³/mol. The fourth-order valence-corrected chi connectivity index (χ4v) is 2.06. The van der Waals surface area contributed by atoms with Gasteiger partial charge in [0.1, 0.15) is 11.4 Å². The minimum absolute atomic E-state index is 0.0111. The summed E-state index contributed by atoms with van der Waals surface area (Å²) in [5.74, 6) is -0.333. The minimum atomic E-state index is -0.528. The van der Waals surface area contributed by atoms with Gasteiger partial charge < -0.3 is 14.5 Å². The van der Waals surface area contributed by atoms with Gasteiger partial charge in [-0.25, -0.2) is 4.39 Å². The lowest BCUT2D eigenvalue weighted by molar-refractivity contribution is 0.452. The van der Waals surface area contributed by atoms with E-state index in [0.717, 1.165) is 5.56 Å². The molecule has 0 aliphatic heterocycles. The van der Waals surface area contributed by atoms with Gasteiger partial charge in [-0.05, 0) is 36.2 Å². The van der Waals surface area contributed by atoms with E-state index >= 15 is 0 Å². The molecular weight excluding hydrogens is 275 g/mol. The maximum Gasteiger partial charge on any atom is 0.263 e. The van der Waals surface area contributed by atoms with Crippen LogP contribution in [0.25, 0.3) is 22.7 Å². The summed E-state index contributed by atoms with van der Waals surface area (Å²) in [5.41, 5.74) is 0.625. The van der Waals surface area contributed by atoms with E-state index in [1.54, 1.807) is 13.0 Å². The molecule has 0 unspecified atom stereocenters. The van der Waals surface area contributed by atoms with Gasteiger partial charge in [-0.1, -0.05) is 12.1 Å². The Kier molecular flexibility index (Phi) is 3.06. The highest BCUT2D eigenvalue weighted by molar-refractivity contribution is 5.68. The van der Waals surface area contributed by atoms with Gasteiger partial charge in [0.2, 0.25) is 5.88 Å². The van der Waals surface area contributed by atoms with Gasteiger partial charge in [0.25, 0.3) is 5.56 Å². The molecule has 2 N–H and O–H groups in total. The average Bonchev–Trinajstić information content (AvgIpc) is 2.86. The zero-order chi connectivity index (χ0) is 15.0. The van der Waals surface area contributed by atoms with Crippen LogP contribution in [0.2, 0.25) is 0 Å². The Bertz CT molecular complexity index is 850. The van der Waals surface area contributed by atoms with Gasteiger partial charge in [-0.15, -0.1) is 0 Å². The molecule has 6 heteroatoms. The molecule has 0 amide bonds. The molecule has 0 saturated carbocycles. The monoisotopic (exact) mass is 286 g/mol. The van der Waals surface area contributed by atoms with Crippen LogP contribution in [-0.4, -0.2) is 15.1 Å². The number of H-pyrrole nitrogens is 1. The van der Waals surface area contributed by atoms with Gasteiger partial charge >= 0.3 is 0 Å². The first-order valence-corrected chi connectivity index (χ1v) is 6.20. The number of aromatic hydroxyl groups is 1. The maximum absolute atomic E-state index is 12.9. The van der Waals surface area contributed by atoms with Crippen LogP contribution in [0, 0.1) is 12.7 Å². The third-order valence-electron chi connectivity index (χ3n) is 3.11. The van der Waals surface area contributed by atoms with E-state index < -0.39 is 17.3 Å². The number of aryl methyl sites for hydroxylation is 1. The van der Waals surface area contributed by atoms with Crippen molar-refractivity contribution in [2.45, 2.75) is 6.92 Å². The topological polar surface area (TPSA) is 79.1 Å². The number of rotatable bonds is 2. The summed E-state index contributed by atoms with van der Waals surface area (Å²) in [6.45, 7) is 1.80. The van der Waals surface area contributed by atoms with Crippen molar-refractivity contribution in [3.63, 3.8) is 0 Å². The van der Waals surface area contributed by atoms with Gasteiger partial charge in [-0.2, -0.15) is 4.98 Å². The van der Waals surface area contributed by atoms with Crippen LogP contribution in [-0.2, 0) is 0 Å². The first kappa shape index (κ1) is 13.1. The van der Waals surface area contributed by atoms with Crippen LogP contribution in [0.4, 0.5) is 4.39 Å². The van der Waals surface area contributed by atoms with Crippen LogP contribution < -0.4 is 5.56 Å². The molecule has 0 atom stereocenters. The van der Waals surface area contributed by atoms with E-state index in [1.165, 1.54) is 30.5 Å². The second kappa shape index (κ2) is 4.90. The summed E-state index contributed by atoms with van der Waals surface area (Å²) in [7, 11) is 0. The highest BCUT2D eigenvalue weighted by atomic mass is 19.1. The van der Waals surface area contributed by atoms with Crippen LogP contribution in [0.3, 0.4) is 0 Å². The molecule has 0 radical (unpaired) electrons. The molecule has 106 valence electrons. The van der Waals surface area contributed by atoms with Crippen LogP contribution >= 0.6 is 0 Å². The normalized spacial score (nSPS) is 10.8. The van der Waals surface area contributed by atoms with Crippen molar-refractivity contribution < 1.29 is 13.9 Å². The SMILES string of the molecule is Cc1ccoc1-c1nc(O)c(-c2ccc(F)cc2)c(=O)[nH]1. The zero-order valence-electron chi connectivity index (χ0n) is 11.1. The fourth-order valence-electron chi connectivity index (χ4n) is 2.06. The van der Waals surface area contributed by atoms with Crippen molar-refractivity contribution in [3.8, 4) is 28.6 Å². The Morgan fingerprint density at radius 1 is 1.24 bits per heavy atom. The standard InChI is InChI=1S/C15H11FN2O3/c1-8-6-7-21-12(8)13-17-14(19)11(15(20)18-13)9-2-4-10(16)5-3-9/h2-7H,1H3,(H2,17,18,19,20). The first-order chi connectivity index (χ1) is 10.1. The number of halogens is 1. The smallest absolute Gasteiger partial charge is 0.263 e. The molecule has 0 fully saturated rings. The Labute approximate surface area is 118 Å². The lowest BCUT2D eigenvalue weighted by Crippen LogP contribution is -2.12. The van der Waals surface area contributed by atoms with E-state index in [-0.39, 0.29) is 11.4 Å². The maximum atomic E-state index is 12.9. The number of nitrogens with one attached hydrogen (secondary N) is 1. The van der Waals surface area contributed by atoms with Crippen molar-refractivity contribution in [3.05, 3.63) is 58.3 Å². The lowest BCUT2D eigenvalue weighted by atomic mass is 10.1. The third-order valence-corrected chi connectivity index (χ3v) is 3.11. The molecule has 0 spiro atoms. The fraction of sp³-hybridized carbons (Fsp3) is 0.0667. The van der Waals surface area contributed by atoms with E-state index in [9.17, 15) is 14.3 Å². The average molecular weight is 286 g/mol. The van der Waals surface area contributed by atoms with Crippen molar-refractivity contribution in [2.75, 3.05) is 0 Å². The molecule has 0 aliphatic carbocycles. The van der Waals surface area contributed by atoms with E-state index in [1.807, 2.05) is 0 Å². The number of furan rings is 1. The third kappa shape index (κ3) is 2.31. The van der Waals surface area contributed by atoms with Gasteiger partial charge in [-0.3, -0.25) is 4.79 Å². The molecular formula is C15H11FN2O3. The molecule has 2 heterocycles. The lowest BCUT2D eigenvalue weighted by Gasteiger charge is -2.05.